The number of fused-ring (bicyclic) bond motifs is 1. The number of nitrogens with zero attached hydrogens (tertiary/aromatic N) is 3. The minimum atomic E-state index is -1.07. The highest BCUT2D eigenvalue weighted by atomic mass is 35.5. The van der Waals surface area contributed by atoms with E-state index in [1.54, 1.807) is 48.5 Å². The Morgan fingerprint density at radius 3 is 2.17 bits per heavy atom. The lowest BCUT2D eigenvalue weighted by molar-refractivity contribution is -0.139. The van der Waals surface area contributed by atoms with Crippen molar-refractivity contribution in [2.24, 2.45) is 0 Å². The highest BCUT2D eigenvalue weighted by Crippen LogP contribution is 2.32. The molecule has 2 aliphatic heterocycles. The number of morpholine rings is 1. The monoisotopic (exact) mass is 664 g/mol. The van der Waals surface area contributed by atoms with Gasteiger partial charge >= 0.3 is 0 Å². The second-order valence-corrected chi connectivity index (χ2v) is 12.7. The quantitative estimate of drug-likeness (QED) is 0.202. The molecule has 0 aliphatic carbocycles. The molecule has 10 heteroatoms. The minimum absolute atomic E-state index is 0.0492. The summed E-state index contributed by atoms with van der Waals surface area (Å²) in [6.45, 7) is 6.70. The van der Waals surface area contributed by atoms with Gasteiger partial charge in [0.1, 0.15) is 12.6 Å². The SMILES string of the molecule is CC(C)c1ccc(C(C(=O)Nc2ccc(N3CCOCC3)cc2)N(Cc2ccc(Cl)cc2)C(=O)CN2C(=O)C(=O)c3ccccc32)cc1. The molecule has 246 valence electrons. The maximum absolute atomic E-state index is 14.4. The fourth-order valence-electron chi connectivity index (χ4n) is 6.07. The van der Waals surface area contributed by atoms with E-state index in [2.05, 4.69) is 24.1 Å². The lowest BCUT2D eigenvalue weighted by atomic mass is 9.97. The Bertz CT molecular complexity index is 1800. The van der Waals surface area contributed by atoms with Gasteiger partial charge in [0.05, 0.1) is 24.5 Å². The topological polar surface area (TPSA) is 99.3 Å². The number of carbonyl (C=O) groups is 4. The summed E-state index contributed by atoms with van der Waals surface area (Å²) in [5.41, 5.74) is 4.66. The van der Waals surface area contributed by atoms with Crippen LogP contribution in [0.1, 0.15) is 52.9 Å². The Balaban J connectivity index is 1.35. The van der Waals surface area contributed by atoms with Crippen molar-refractivity contribution in [3.05, 3.63) is 124 Å². The Morgan fingerprint density at radius 1 is 0.854 bits per heavy atom. The predicted molar refractivity (Wildman–Crippen MR) is 187 cm³/mol. The summed E-state index contributed by atoms with van der Waals surface area (Å²) in [6.07, 6.45) is 0. The van der Waals surface area contributed by atoms with Gasteiger partial charge in [0.25, 0.3) is 17.6 Å². The van der Waals surface area contributed by atoms with Gasteiger partial charge in [-0.15, -0.1) is 0 Å². The molecule has 3 amide bonds. The minimum Gasteiger partial charge on any atom is -0.378 e. The molecule has 0 aromatic heterocycles. The summed E-state index contributed by atoms with van der Waals surface area (Å²) in [5, 5.41) is 3.57. The number of amides is 3. The average molecular weight is 665 g/mol. The molecule has 1 fully saturated rings. The van der Waals surface area contributed by atoms with Crippen molar-refractivity contribution in [1.82, 2.24) is 4.90 Å². The van der Waals surface area contributed by atoms with Gasteiger partial charge in [-0.2, -0.15) is 0 Å². The van der Waals surface area contributed by atoms with E-state index in [9.17, 15) is 19.2 Å². The number of ketones is 1. The van der Waals surface area contributed by atoms with Crippen LogP contribution >= 0.6 is 11.6 Å². The summed E-state index contributed by atoms with van der Waals surface area (Å²) < 4.78 is 5.47. The molecule has 0 spiro atoms. The second-order valence-electron chi connectivity index (χ2n) is 12.2. The molecule has 0 bridgehead atoms. The van der Waals surface area contributed by atoms with Gasteiger partial charge in [0.15, 0.2) is 0 Å². The van der Waals surface area contributed by atoms with Crippen LogP contribution in [0.5, 0.6) is 0 Å². The number of para-hydroxylation sites is 1. The zero-order chi connectivity index (χ0) is 33.8. The molecular formula is C38H37ClN4O5. The molecule has 0 saturated carbocycles. The molecule has 4 aromatic carbocycles. The Labute approximate surface area is 285 Å². The predicted octanol–water partition coefficient (Wildman–Crippen LogP) is 6.24. The van der Waals surface area contributed by atoms with Crippen molar-refractivity contribution in [1.29, 1.82) is 0 Å². The van der Waals surface area contributed by atoms with E-state index in [1.807, 2.05) is 48.5 Å². The second kappa shape index (κ2) is 14.4. The first-order valence-corrected chi connectivity index (χ1v) is 16.4. The van der Waals surface area contributed by atoms with Crippen molar-refractivity contribution < 1.29 is 23.9 Å². The van der Waals surface area contributed by atoms with Gasteiger partial charge in [-0.25, -0.2) is 0 Å². The van der Waals surface area contributed by atoms with Crippen LogP contribution in [0.3, 0.4) is 0 Å². The average Bonchev–Trinajstić information content (AvgIpc) is 3.34. The number of hydrogen-bond donors (Lipinski definition) is 1. The molecule has 2 heterocycles. The van der Waals surface area contributed by atoms with E-state index in [-0.39, 0.29) is 18.0 Å². The first-order chi connectivity index (χ1) is 23.2. The highest BCUT2D eigenvalue weighted by molar-refractivity contribution is 6.52. The van der Waals surface area contributed by atoms with Gasteiger partial charge in [-0.3, -0.25) is 24.1 Å². The van der Waals surface area contributed by atoms with Crippen LogP contribution < -0.4 is 15.1 Å². The largest absolute Gasteiger partial charge is 0.378 e. The molecule has 0 radical (unpaired) electrons. The van der Waals surface area contributed by atoms with Crippen molar-refractivity contribution in [2.75, 3.05) is 48.0 Å². The Hall–Kier alpha value is -4.99. The zero-order valence-electron chi connectivity index (χ0n) is 26.9. The lowest BCUT2D eigenvalue weighted by Crippen LogP contribution is -2.46. The van der Waals surface area contributed by atoms with Crippen LogP contribution in [0, 0.1) is 0 Å². The normalized spacial score (nSPS) is 15.0. The van der Waals surface area contributed by atoms with E-state index in [0.29, 0.717) is 35.2 Å². The van der Waals surface area contributed by atoms with E-state index in [1.165, 1.54) is 9.80 Å². The number of nitrogens with one attached hydrogen (secondary N) is 1. The lowest BCUT2D eigenvalue weighted by Gasteiger charge is -2.33. The van der Waals surface area contributed by atoms with Crippen LogP contribution in [-0.2, 0) is 25.7 Å². The van der Waals surface area contributed by atoms with E-state index in [4.69, 9.17) is 16.3 Å². The molecular weight excluding hydrogens is 628 g/mol. The summed E-state index contributed by atoms with van der Waals surface area (Å²) in [6, 6.07) is 27.8. The molecule has 9 nitrogen and oxygen atoms in total. The molecule has 1 saturated heterocycles. The van der Waals surface area contributed by atoms with Gasteiger partial charge in [-0.1, -0.05) is 74.0 Å². The molecule has 1 N–H and O–H groups in total. The maximum Gasteiger partial charge on any atom is 0.299 e. The number of hydrogen-bond acceptors (Lipinski definition) is 6. The molecule has 6 rings (SSSR count). The standard InChI is InChI=1S/C38H37ClN4O5/c1-25(2)27-9-11-28(12-10-27)35(37(46)40-30-15-17-31(18-16-30)41-19-21-48-22-20-41)43(23-26-7-13-29(39)14-8-26)34(44)24-42-33-6-4-3-5-32(33)36(45)38(42)47/h3-18,25,35H,19-24H2,1-2H3,(H,40,46). The molecule has 1 unspecified atom stereocenters. The number of rotatable bonds is 10. The van der Waals surface area contributed by atoms with Crippen LogP contribution in [0.2, 0.25) is 5.02 Å². The van der Waals surface area contributed by atoms with Gasteiger partial charge in [0.2, 0.25) is 5.91 Å². The van der Waals surface area contributed by atoms with Crippen molar-refractivity contribution in [2.45, 2.75) is 32.4 Å². The van der Waals surface area contributed by atoms with Crippen molar-refractivity contribution in [3.8, 4) is 0 Å². The number of halogens is 1. The summed E-state index contributed by atoms with van der Waals surface area (Å²) in [4.78, 5) is 59.5. The van der Waals surface area contributed by atoms with E-state index in [0.717, 1.165) is 29.9 Å². The smallest absolute Gasteiger partial charge is 0.299 e. The Kier molecular flexibility index (Phi) is 9.89. The van der Waals surface area contributed by atoms with Crippen molar-refractivity contribution in [3.63, 3.8) is 0 Å². The number of benzene rings is 4. The fourth-order valence-corrected chi connectivity index (χ4v) is 6.19. The van der Waals surface area contributed by atoms with Crippen molar-refractivity contribution >= 4 is 52.2 Å². The number of carbonyl (C=O) groups excluding carboxylic acids is 4. The van der Waals surface area contributed by atoms with E-state index >= 15 is 0 Å². The summed E-state index contributed by atoms with van der Waals surface area (Å²) >= 11 is 6.17. The highest BCUT2D eigenvalue weighted by Gasteiger charge is 2.39. The fraction of sp³-hybridized carbons (Fsp3) is 0.263. The first-order valence-electron chi connectivity index (χ1n) is 16.0. The van der Waals surface area contributed by atoms with Crippen LogP contribution in [0.15, 0.2) is 97.1 Å². The van der Waals surface area contributed by atoms with Gasteiger partial charge in [0, 0.05) is 36.0 Å². The molecule has 1 atom stereocenters. The van der Waals surface area contributed by atoms with E-state index < -0.39 is 36.1 Å². The third kappa shape index (κ3) is 7.12. The third-order valence-electron chi connectivity index (χ3n) is 8.75. The van der Waals surface area contributed by atoms with Crippen LogP contribution in [0.4, 0.5) is 17.1 Å². The molecule has 2 aliphatic rings. The number of anilines is 3. The van der Waals surface area contributed by atoms with Gasteiger partial charge < -0.3 is 19.9 Å². The number of ether oxygens (including phenoxy) is 1. The molecule has 4 aromatic rings. The maximum atomic E-state index is 14.4. The van der Waals surface area contributed by atoms with Gasteiger partial charge in [-0.05, 0) is 71.1 Å². The number of Topliss-reactive ketones (excluding diaryl/α,β-unsaturated/α-hetero) is 1. The summed E-state index contributed by atoms with van der Waals surface area (Å²) in [7, 11) is 0. The van der Waals surface area contributed by atoms with Crippen LogP contribution in [-0.4, -0.2) is 61.3 Å². The first kappa shape index (κ1) is 32.9. The molecule has 48 heavy (non-hydrogen) atoms. The Morgan fingerprint density at radius 2 is 1.50 bits per heavy atom. The third-order valence-corrected chi connectivity index (χ3v) is 9.00. The zero-order valence-corrected chi connectivity index (χ0v) is 27.7. The van der Waals surface area contributed by atoms with Crippen LogP contribution in [0.25, 0.3) is 0 Å². The summed E-state index contributed by atoms with van der Waals surface area (Å²) in [5.74, 6) is -2.10.